The number of rotatable bonds is 2. The summed E-state index contributed by atoms with van der Waals surface area (Å²) in [5, 5.41) is 8.54. The summed E-state index contributed by atoms with van der Waals surface area (Å²) in [4.78, 5) is 13.0. The number of nitriles is 1. The highest BCUT2D eigenvalue weighted by Gasteiger charge is 2.14. The number of alkyl halides is 2. The summed E-state index contributed by atoms with van der Waals surface area (Å²) in [5.41, 5.74) is 3.76. The predicted octanol–water partition coefficient (Wildman–Crippen LogP) is 0.643. The Morgan fingerprint density at radius 2 is 2.29 bits per heavy atom. The molecule has 0 aromatic carbocycles. The van der Waals surface area contributed by atoms with E-state index in [4.69, 9.17) is 11.0 Å². The second-order valence-electron chi connectivity index (χ2n) is 2.57. The van der Waals surface area contributed by atoms with Gasteiger partial charge >= 0.3 is 0 Å². The van der Waals surface area contributed by atoms with Crippen LogP contribution < -0.4 is 11.3 Å². The number of hydrogen-bond donors (Lipinski definition) is 2. The van der Waals surface area contributed by atoms with Gasteiger partial charge in [0.2, 0.25) is 0 Å². The van der Waals surface area contributed by atoms with Gasteiger partial charge in [-0.1, -0.05) is 0 Å². The minimum absolute atomic E-state index is 0.0677. The zero-order chi connectivity index (χ0) is 10.7. The van der Waals surface area contributed by atoms with Crippen LogP contribution in [-0.2, 0) is 6.54 Å². The molecular weight excluding hydrogens is 192 g/mol. The maximum absolute atomic E-state index is 12.2. The fourth-order valence-corrected chi connectivity index (χ4v) is 1.01. The minimum atomic E-state index is -2.86. The van der Waals surface area contributed by atoms with Crippen molar-refractivity contribution >= 4 is 0 Å². The first-order valence-corrected chi connectivity index (χ1v) is 3.74. The molecule has 6 heteroatoms. The van der Waals surface area contributed by atoms with E-state index in [9.17, 15) is 13.6 Å². The van der Waals surface area contributed by atoms with Crippen LogP contribution in [0.4, 0.5) is 8.78 Å². The Morgan fingerprint density at radius 1 is 1.64 bits per heavy atom. The first-order chi connectivity index (χ1) is 6.60. The molecule has 0 radical (unpaired) electrons. The quantitative estimate of drug-likeness (QED) is 0.733. The van der Waals surface area contributed by atoms with Crippen molar-refractivity contribution in [3.63, 3.8) is 0 Å². The van der Waals surface area contributed by atoms with Gasteiger partial charge in [0, 0.05) is 12.1 Å². The lowest BCUT2D eigenvalue weighted by molar-refractivity contribution is 0.149. The molecular formula is C8H7F2N3O. The first-order valence-electron chi connectivity index (χ1n) is 3.74. The monoisotopic (exact) mass is 199 g/mol. The fraction of sp³-hybridized carbons (Fsp3) is 0.250. The number of nitrogens with zero attached hydrogens (tertiary/aromatic N) is 1. The molecule has 0 amide bonds. The lowest BCUT2D eigenvalue weighted by Crippen LogP contribution is -2.17. The van der Waals surface area contributed by atoms with Crippen LogP contribution in [0.2, 0.25) is 0 Å². The first kappa shape index (κ1) is 10.3. The Balaban J connectivity index is 3.40. The molecule has 3 N–H and O–H groups in total. The van der Waals surface area contributed by atoms with Crippen LogP contribution in [0.15, 0.2) is 10.9 Å². The van der Waals surface area contributed by atoms with Gasteiger partial charge in [-0.15, -0.1) is 0 Å². The Labute approximate surface area is 78.0 Å². The summed E-state index contributed by atoms with van der Waals surface area (Å²) in [5.74, 6) is 0. The summed E-state index contributed by atoms with van der Waals surface area (Å²) in [7, 11) is 0. The minimum Gasteiger partial charge on any atom is -0.326 e. The molecule has 0 unspecified atom stereocenters. The molecule has 0 saturated heterocycles. The number of nitrogens with two attached hydrogens (primary N) is 1. The Bertz CT molecular complexity index is 433. The highest BCUT2D eigenvalue weighted by Crippen LogP contribution is 2.16. The van der Waals surface area contributed by atoms with Crippen LogP contribution in [-0.4, -0.2) is 4.98 Å². The van der Waals surface area contributed by atoms with Crippen molar-refractivity contribution in [2.24, 2.45) is 5.73 Å². The van der Waals surface area contributed by atoms with Crippen molar-refractivity contribution in [1.82, 2.24) is 4.98 Å². The molecule has 74 valence electrons. The maximum atomic E-state index is 12.2. The molecule has 1 heterocycles. The average molecular weight is 199 g/mol. The van der Waals surface area contributed by atoms with Crippen LogP contribution in [0.3, 0.4) is 0 Å². The summed E-state index contributed by atoms with van der Waals surface area (Å²) >= 11 is 0. The molecule has 0 fully saturated rings. The summed E-state index contributed by atoms with van der Waals surface area (Å²) in [6.45, 7) is -0.0700. The largest absolute Gasteiger partial charge is 0.326 e. The number of aromatic nitrogens is 1. The van der Waals surface area contributed by atoms with E-state index in [0.29, 0.717) is 0 Å². The van der Waals surface area contributed by atoms with E-state index in [1.807, 2.05) is 4.98 Å². The van der Waals surface area contributed by atoms with E-state index in [-0.39, 0.29) is 17.8 Å². The predicted molar refractivity (Wildman–Crippen MR) is 44.6 cm³/mol. The summed E-state index contributed by atoms with van der Waals surface area (Å²) < 4.78 is 24.5. The zero-order valence-corrected chi connectivity index (χ0v) is 7.05. The van der Waals surface area contributed by atoms with E-state index in [1.54, 1.807) is 6.07 Å². The van der Waals surface area contributed by atoms with E-state index >= 15 is 0 Å². The van der Waals surface area contributed by atoms with Gasteiger partial charge < -0.3 is 10.7 Å². The van der Waals surface area contributed by atoms with E-state index < -0.39 is 17.5 Å². The summed E-state index contributed by atoms with van der Waals surface area (Å²) in [6.07, 6.45) is -2.86. The van der Waals surface area contributed by atoms with Gasteiger partial charge in [0.05, 0.1) is 5.56 Å². The van der Waals surface area contributed by atoms with Gasteiger partial charge in [-0.3, -0.25) is 4.79 Å². The fourth-order valence-electron chi connectivity index (χ4n) is 1.01. The second-order valence-corrected chi connectivity index (χ2v) is 2.57. The van der Waals surface area contributed by atoms with Crippen LogP contribution >= 0.6 is 0 Å². The Hall–Kier alpha value is -1.74. The smallest absolute Gasteiger partial charge is 0.269 e. The molecule has 0 spiro atoms. The molecule has 0 aliphatic carbocycles. The number of hydrogen-bond acceptors (Lipinski definition) is 3. The molecule has 4 nitrogen and oxygen atoms in total. The number of halogens is 2. The van der Waals surface area contributed by atoms with Gasteiger partial charge in [0.1, 0.15) is 11.8 Å². The lowest BCUT2D eigenvalue weighted by Gasteiger charge is -2.03. The molecule has 14 heavy (non-hydrogen) atoms. The van der Waals surface area contributed by atoms with Crippen molar-refractivity contribution in [3.8, 4) is 6.07 Å². The Kier molecular flexibility index (Phi) is 2.94. The van der Waals surface area contributed by atoms with Gasteiger partial charge in [0.25, 0.3) is 12.0 Å². The van der Waals surface area contributed by atoms with Crippen LogP contribution in [0, 0.1) is 11.3 Å². The molecule has 0 atom stereocenters. The standard InChI is InChI=1S/C8H7F2N3O/c9-7(10)5-1-4(2-11)6(3-12)13-8(5)14/h1,7H,2,11H2,(H,13,14). The van der Waals surface area contributed by atoms with E-state index in [1.165, 1.54) is 0 Å². The van der Waals surface area contributed by atoms with Crippen molar-refractivity contribution in [1.29, 1.82) is 5.26 Å². The average Bonchev–Trinajstić information content (AvgIpc) is 2.16. The van der Waals surface area contributed by atoms with Gasteiger partial charge in [-0.2, -0.15) is 5.26 Å². The number of nitrogens with one attached hydrogen (secondary N) is 1. The van der Waals surface area contributed by atoms with E-state index in [0.717, 1.165) is 6.07 Å². The molecule has 1 aromatic rings. The Morgan fingerprint density at radius 3 is 2.71 bits per heavy atom. The molecule has 0 aliphatic heterocycles. The normalized spacial score (nSPS) is 10.2. The molecule has 1 aromatic heterocycles. The number of pyridine rings is 1. The van der Waals surface area contributed by atoms with Crippen molar-refractivity contribution < 1.29 is 8.78 Å². The third kappa shape index (κ3) is 1.78. The van der Waals surface area contributed by atoms with Crippen LogP contribution in [0.1, 0.15) is 23.2 Å². The second kappa shape index (κ2) is 3.98. The third-order valence-electron chi connectivity index (χ3n) is 1.72. The maximum Gasteiger partial charge on any atom is 0.269 e. The van der Waals surface area contributed by atoms with Gasteiger partial charge in [-0.25, -0.2) is 8.78 Å². The molecule has 0 aliphatic rings. The lowest BCUT2D eigenvalue weighted by atomic mass is 10.1. The summed E-state index contributed by atoms with van der Waals surface area (Å²) in [6, 6.07) is 2.63. The highest BCUT2D eigenvalue weighted by molar-refractivity contribution is 5.33. The highest BCUT2D eigenvalue weighted by atomic mass is 19.3. The van der Waals surface area contributed by atoms with Crippen molar-refractivity contribution in [2.75, 3.05) is 0 Å². The zero-order valence-electron chi connectivity index (χ0n) is 7.05. The SMILES string of the molecule is N#Cc1[nH]c(=O)c(C(F)F)cc1CN. The van der Waals surface area contributed by atoms with Crippen molar-refractivity contribution in [3.05, 3.63) is 33.2 Å². The van der Waals surface area contributed by atoms with Gasteiger partial charge in [-0.05, 0) is 6.07 Å². The number of H-pyrrole nitrogens is 1. The molecule has 0 bridgehead atoms. The van der Waals surface area contributed by atoms with E-state index in [2.05, 4.69) is 0 Å². The van der Waals surface area contributed by atoms with Crippen LogP contribution in [0.5, 0.6) is 0 Å². The van der Waals surface area contributed by atoms with Crippen molar-refractivity contribution in [2.45, 2.75) is 13.0 Å². The van der Waals surface area contributed by atoms with Gasteiger partial charge in [0.15, 0.2) is 0 Å². The molecule has 1 rings (SSSR count). The number of aromatic amines is 1. The third-order valence-corrected chi connectivity index (χ3v) is 1.72. The topological polar surface area (TPSA) is 82.7 Å². The molecule has 0 saturated carbocycles. The van der Waals surface area contributed by atoms with Crippen LogP contribution in [0.25, 0.3) is 0 Å².